The first-order valence-corrected chi connectivity index (χ1v) is 8.25. The standard InChI is InChI=1S/C19H24N4O.HI/c1-24-18-9-5-6-16(12-18)22-19(20)21-13-15-10-11-23(14-15)17-7-3-2-4-8-17;/h2-9,12,15H,10-11,13-14H2,1H3,(H3,20,21,22);1H. The molecule has 3 N–H and O–H groups in total. The van der Waals surface area contributed by atoms with Crippen LogP contribution in [0.25, 0.3) is 0 Å². The summed E-state index contributed by atoms with van der Waals surface area (Å²) in [6, 6.07) is 18.2. The number of nitrogens with one attached hydrogen (secondary N) is 1. The minimum absolute atomic E-state index is 0. The fraction of sp³-hybridized carbons (Fsp3) is 0.316. The van der Waals surface area contributed by atoms with Gasteiger partial charge in [-0.3, -0.25) is 4.99 Å². The zero-order valence-corrected chi connectivity index (χ0v) is 16.7. The highest BCUT2D eigenvalue weighted by atomic mass is 127. The number of rotatable bonds is 5. The van der Waals surface area contributed by atoms with Crippen molar-refractivity contribution in [1.82, 2.24) is 0 Å². The molecule has 0 bridgehead atoms. The van der Waals surface area contributed by atoms with E-state index >= 15 is 0 Å². The second-order valence-corrected chi connectivity index (χ2v) is 6.02. The lowest BCUT2D eigenvalue weighted by Crippen LogP contribution is -2.25. The van der Waals surface area contributed by atoms with Gasteiger partial charge in [0.1, 0.15) is 5.75 Å². The zero-order valence-electron chi connectivity index (χ0n) is 14.4. The van der Waals surface area contributed by atoms with Gasteiger partial charge in [0.2, 0.25) is 0 Å². The van der Waals surface area contributed by atoms with Crippen LogP contribution in [0.2, 0.25) is 0 Å². The van der Waals surface area contributed by atoms with Crippen LogP contribution in [0.5, 0.6) is 5.75 Å². The molecule has 0 saturated carbocycles. The van der Waals surface area contributed by atoms with E-state index in [2.05, 4.69) is 39.5 Å². The number of anilines is 2. The molecule has 1 saturated heterocycles. The van der Waals surface area contributed by atoms with E-state index in [4.69, 9.17) is 10.5 Å². The summed E-state index contributed by atoms with van der Waals surface area (Å²) in [6.07, 6.45) is 1.14. The molecule has 6 heteroatoms. The average molecular weight is 452 g/mol. The summed E-state index contributed by atoms with van der Waals surface area (Å²) >= 11 is 0. The number of ether oxygens (including phenoxy) is 1. The van der Waals surface area contributed by atoms with Gasteiger partial charge in [-0.25, -0.2) is 0 Å². The number of hydrogen-bond donors (Lipinski definition) is 2. The number of hydrogen-bond acceptors (Lipinski definition) is 3. The molecule has 25 heavy (non-hydrogen) atoms. The fourth-order valence-corrected chi connectivity index (χ4v) is 2.97. The first-order valence-electron chi connectivity index (χ1n) is 8.25. The normalized spacial score (nSPS) is 17.1. The number of para-hydroxylation sites is 1. The van der Waals surface area contributed by atoms with Crippen molar-refractivity contribution in [3.63, 3.8) is 0 Å². The average Bonchev–Trinajstić information content (AvgIpc) is 3.10. The predicted molar refractivity (Wildman–Crippen MR) is 115 cm³/mol. The Bertz CT molecular complexity index is 693. The number of aliphatic imine (C=N–C) groups is 1. The third-order valence-electron chi connectivity index (χ3n) is 4.27. The lowest BCUT2D eigenvalue weighted by Gasteiger charge is -2.18. The van der Waals surface area contributed by atoms with E-state index in [0.717, 1.165) is 37.5 Å². The van der Waals surface area contributed by atoms with Crippen LogP contribution in [-0.4, -0.2) is 32.7 Å². The summed E-state index contributed by atoms with van der Waals surface area (Å²) in [5.41, 5.74) is 8.17. The summed E-state index contributed by atoms with van der Waals surface area (Å²) in [4.78, 5) is 6.91. The lowest BCUT2D eigenvalue weighted by molar-refractivity contribution is 0.415. The van der Waals surface area contributed by atoms with Crippen LogP contribution in [0.1, 0.15) is 6.42 Å². The van der Waals surface area contributed by atoms with Crippen molar-refractivity contribution in [3.8, 4) is 5.75 Å². The summed E-state index contributed by atoms with van der Waals surface area (Å²) in [5, 5.41) is 3.12. The Labute approximate surface area is 166 Å². The predicted octanol–water partition coefficient (Wildman–Crippen LogP) is 3.57. The highest BCUT2D eigenvalue weighted by Gasteiger charge is 2.22. The maximum Gasteiger partial charge on any atom is 0.193 e. The minimum atomic E-state index is 0. The summed E-state index contributed by atoms with van der Waals surface area (Å²) in [5.74, 6) is 1.78. The molecular weight excluding hydrogens is 427 g/mol. The van der Waals surface area contributed by atoms with Crippen LogP contribution in [0.3, 0.4) is 0 Å². The highest BCUT2D eigenvalue weighted by molar-refractivity contribution is 14.0. The second kappa shape index (κ2) is 9.50. The summed E-state index contributed by atoms with van der Waals surface area (Å²) in [7, 11) is 1.65. The molecule has 1 aliphatic heterocycles. The third kappa shape index (κ3) is 5.52. The number of benzene rings is 2. The van der Waals surface area contributed by atoms with Crippen LogP contribution in [0.4, 0.5) is 11.4 Å². The zero-order chi connectivity index (χ0) is 16.8. The number of guanidine groups is 1. The van der Waals surface area contributed by atoms with Gasteiger partial charge in [-0.05, 0) is 36.6 Å². The molecule has 1 aliphatic rings. The van der Waals surface area contributed by atoms with E-state index in [9.17, 15) is 0 Å². The number of halogens is 1. The van der Waals surface area contributed by atoms with Crippen LogP contribution < -0.4 is 20.7 Å². The molecule has 0 aromatic heterocycles. The molecule has 0 aliphatic carbocycles. The van der Waals surface area contributed by atoms with Crippen molar-refractivity contribution in [2.75, 3.05) is 37.0 Å². The van der Waals surface area contributed by atoms with E-state index in [0.29, 0.717) is 11.9 Å². The van der Waals surface area contributed by atoms with Crippen molar-refractivity contribution >= 4 is 41.3 Å². The Morgan fingerprint density at radius 3 is 2.80 bits per heavy atom. The van der Waals surface area contributed by atoms with Gasteiger partial charge in [0.25, 0.3) is 0 Å². The van der Waals surface area contributed by atoms with E-state index in [1.54, 1.807) is 7.11 Å². The second-order valence-electron chi connectivity index (χ2n) is 6.02. The molecule has 0 radical (unpaired) electrons. The Kier molecular flexibility index (Phi) is 7.36. The number of nitrogens with zero attached hydrogens (tertiary/aromatic N) is 2. The van der Waals surface area contributed by atoms with Gasteiger partial charge < -0.3 is 20.7 Å². The summed E-state index contributed by atoms with van der Waals surface area (Å²) in [6.45, 7) is 2.85. The minimum Gasteiger partial charge on any atom is -0.497 e. The highest BCUT2D eigenvalue weighted by Crippen LogP contribution is 2.23. The number of methoxy groups -OCH3 is 1. The molecule has 5 nitrogen and oxygen atoms in total. The molecular formula is C19H25IN4O. The van der Waals surface area contributed by atoms with Gasteiger partial charge in [-0.2, -0.15) is 0 Å². The Balaban J connectivity index is 0.00000225. The molecule has 0 amide bonds. The van der Waals surface area contributed by atoms with Crippen LogP contribution >= 0.6 is 24.0 Å². The van der Waals surface area contributed by atoms with E-state index < -0.39 is 0 Å². The van der Waals surface area contributed by atoms with Crippen LogP contribution in [-0.2, 0) is 0 Å². The van der Waals surface area contributed by atoms with Crippen molar-refractivity contribution in [3.05, 3.63) is 54.6 Å². The smallest absolute Gasteiger partial charge is 0.193 e. The third-order valence-corrected chi connectivity index (χ3v) is 4.27. The molecule has 0 spiro atoms. The quantitative estimate of drug-likeness (QED) is 0.414. The molecule has 134 valence electrons. The van der Waals surface area contributed by atoms with E-state index in [1.807, 2.05) is 30.3 Å². The fourth-order valence-electron chi connectivity index (χ4n) is 2.97. The van der Waals surface area contributed by atoms with E-state index in [1.165, 1.54) is 5.69 Å². The molecule has 1 heterocycles. The number of nitrogens with two attached hydrogens (primary N) is 1. The van der Waals surface area contributed by atoms with E-state index in [-0.39, 0.29) is 24.0 Å². The Morgan fingerprint density at radius 1 is 1.24 bits per heavy atom. The van der Waals surface area contributed by atoms with Gasteiger partial charge >= 0.3 is 0 Å². The lowest BCUT2D eigenvalue weighted by atomic mass is 10.1. The Hall–Kier alpha value is -1.96. The summed E-state index contributed by atoms with van der Waals surface area (Å²) < 4.78 is 5.21. The molecule has 1 unspecified atom stereocenters. The van der Waals surface area contributed by atoms with Crippen molar-refractivity contribution in [2.45, 2.75) is 6.42 Å². The van der Waals surface area contributed by atoms with Gasteiger partial charge in [0, 0.05) is 37.1 Å². The maximum atomic E-state index is 6.01. The maximum absolute atomic E-state index is 6.01. The van der Waals surface area contributed by atoms with Crippen LogP contribution in [0.15, 0.2) is 59.6 Å². The SMILES string of the molecule is COc1cccc(NC(N)=NCC2CCN(c3ccccc3)C2)c1.I. The first-order chi connectivity index (χ1) is 11.7. The largest absolute Gasteiger partial charge is 0.497 e. The molecule has 3 rings (SSSR count). The van der Waals surface area contributed by atoms with Gasteiger partial charge in [-0.1, -0.05) is 24.3 Å². The molecule has 2 aromatic rings. The van der Waals surface area contributed by atoms with Gasteiger partial charge in [0.05, 0.1) is 7.11 Å². The van der Waals surface area contributed by atoms with Gasteiger partial charge in [-0.15, -0.1) is 24.0 Å². The van der Waals surface area contributed by atoms with Crippen molar-refractivity contribution in [2.24, 2.45) is 16.6 Å². The molecule has 1 fully saturated rings. The Morgan fingerprint density at radius 2 is 2.04 bits per heavy atom. The van der Waals surface area contributed by atoms with Crippen molar-refractivity contribution in [1.29, 1.82) is 0 Å². The molecule has 1 atom stereocenters. The molecule has 2 aromatic carbocycles. The van der Waals surface area contributed by atoms with Crippen molar-refractivity contribution < 1.29 is 4.74 Å². The van der Waals surface area contributed by atoms with Crippen LogP contribution in [0, 0.1) is 5.92 Å². The topological polar surface area (TPSA) is 62.9 Å². The monoisotopic (exact) mass is 452 g/mol. The van der Waals surface area contributed by atoms with Gasteiger partial charge in [0.15, 0.2) is 5.96 Å². The first kappa shape index (κ1) is 19.4.